The average Bonchev–Trinajstić information content (AvgIpc) is 2.27. The van der Waals surface area contributed by atoms with Crippen LogP contribution in [0, 0.1) is 0 Å². The molecule has 0 aromatic carbocycles. The number of piperidine rings is 1. The van der Waals surface area contributed by atoms with Crippen molar-refractivity contribution in [1.82, 2.24) is 10.2 Å². The Kier molecular flexibility index (Phi) is 7.01. The van der Waals surface area contributed by atoms with Crippen LogP contribution >= 0.6 is 0 Å². The summed E-state index contributed by atoms with van der Waals surface area (Å²) in [7, 11) is 0. The molecular weight excluding hydrogens is 200 g/mol. The van der Waals surface area contributed by atoms with Crippen molar-refractivity contribution in [2.24, 2.45) is 0 Å². The Labute approximate surface area is 101 Å². The van der Waals surface area contributed by atoms with Gasteiger partial charge in [0.05, 0.1) is 6.10 Å². The maximum absolute atomic E-state index is 5.65. The van der Waals surface area contributed by atoms with Crippen LogP contribution in [0.15, 0.2) is 0 Å². The Balaban J connectivity index is 1.99. The summed E-state index contributed by atoms with van der Waals surface area (Å²) in [6.07, 6.45) is 4.21. The van der Waals surface area contributed by atoms with Gasteiger partial charge in [-0.25, -0.2) is 0 Å². The van der Waals surface area contributed by atoms with Gasteiger partial charge in [0.25, 0.3) is 0 Å². The summed E-state index contributed by atoms with van der Waals surface area (Å²) in [4.78, 5) is 2.57. The van der Waals surface area contributed by atoms with E-state index in [2.05, 4.69) is 31.0 Å². The van der Waals surface area contributed by atoms with Crippen LogP contribution in [0.2, 0.25) is 0 Å². The minimum absolute atomic E-state index is 0.523. The van der Waals surface area contributed by atoms with Gasteiger partial charge in [-0.2, -0.15) is 0 Å². The molecule has 0 radical (unpaired) electrons. The smallest absolute Gasteiger partial charge is 0.0599 e. The van der Waals surface area contributed by atoms with Crippen molar-refractivity contribution in [3.63, 3.8) is 0 Å². The summed E-state index contributed by atoms with van der Waals surface area (Å²) in [5.41, 5.74) is 0. The first-order chi connectivity index (χ1) is 7.72. The molecule has 1 heterocycles. The molecule has 1 aliphatic rings. The molecule has 1 aliphatic heterocycles. The zero-order chi connectivity index (χ0) is 11.8. The van der Waals surface area contributed by atoms with Crippen LogP contribution in [0.1, 0.15) is 40.0 Å². The van der Waals surface area contributed by atoms with Crippen LogP contribution in [-0.4, -0.2) is 49.8 Å². The number of hydrogen-bond acceptors (Lipinski definition) is 3. The van der Waals surface area contributed by atoms with Crippen LogP contribution < -0.4 is 5.32 Å². The third-order valence-electron chi connectivity index (χ3n) is 3.14. The van der Waals surface area contributed by atoms with Gasteiger partial charge in [-0.1, -0.05) is 13.8 Å². The molecule has 0 bridgehead atoms. The van der Waals surface area contributed by atoms with Gasteiger partial charge in [-0.3, -0.25) is 0 Å². The lowest BCUT2D eigenvalue weighted by Gasteiger charge is -2.31. The van der Waals surface area contributed by atoms with E-state index in [0.717, 1.165) is 13.2 Å². The standard InChI is InChI=1S/C13H28N2O/c1-4-16-13-6-10-15(11-7-13)9-5-8-14-12(2)3/h12-14H,4-11H2,1-3H3. The summed E-state index contributed by atoms with van der Waals surface area (Å²) in [6, 6.07) is 0.615. The topological polar surface area (TPSA) is 24.5 Å². The van der Waals surface area contributed by atoms with Gasteiger partial charge in [-0.05, 0) is 39.3 Å². The van der Waals surface area contributed by atoms with Gasteiger partial charge in [-0.15, -0.1) is 0 Å². The highest BCUT2D eigenvalue weighted by molar-refractivity contribution is 4.72. The molecule has 1 rings (SSSR count). The largest absolute Gasteiger partial charge is 0.378 e. The highest BCUT2D eigenvalue weighted by Gasteiger charge is 2.18. The van der Waals surface area contributed by atoms with Gasteiger partial charge < -0.3 is 15.0 Å². The van der Waals surface area contributed by atoms with Crippen LogP contribution in [0.3, 0.4) is 0 Å². The number of likely N-dealkylation sites (tertiary alicyclic amines) is 1. The molecule has 3 heteroatoms. The molecule has 1 saturated heterocycles. The summed E-state index contributed by atoms with van der Waals surface area (Å²) >= 11 is 0. The van der Waals surface area contributed by atoms with Gasteiger partial charge >= 0.3 is 0 Å². The van der Waals surface area contributed by atoms with E-state index < -0.39 is 0 Å². The van der Waals surface area contributed by atoms with Crippen molar-refractivity contribution in [3.05, 3.63) is 0 Å². The second-order valence-corrected chi connectivity index (χ2v) is 4.96. The minimum Gasteiger partial charge on any atom is -0.378 e. The van der Waals surface area contributed by atoms with Gasteiger partial charge in [0.2, 0.25) is 0 Å². The number of nitrogens with zero attached hydrogens (tertiary/aromatic N) is 1. The fraction of sp³-hybridized carbons (Fsp3) is 1.00. The summed E-state index contributed by atoms with van der Waals surface area (Å²) in [5.74, 6) is 0. The molecule has 3 nitrogen and oxygen atoms in total. The molecule has 0 unspecified atom stereocenters. The van der Waals surface area contributed by atoms with E-state index in [1.807, 2.05) is 0 Å². The number of rotatable bonds is 7. The fourth-order valence-corrected chi connectivity index (χ4v) is 2.23. The molecule has 0 amide bonds. The third-order valence-corrected chi connectivity index (χ3v) is 3.14. The van der Waals surface area contributed by atoms with Crippen LogP contribution in [0.5, 0.6) is 0 Å². The molecule has 0 spiro atoms. The number of hydrogen-bond donors (Lipinski definition) is 1. The van der Waals surface area contributed by atoms with Crippen molar-refractivity contribution in [2.75, 3.05) is 32.8 Å². The molecule has 0 saturated carbocycles. The Hall–Kier alpha value is -0.120. The first-order valence-electron chi connectivity index (χ1n) is 6.79. The molecule has 16 heavy (non-hydrogen) atoms. The predicted octanol–water partition coefficient (Wildman–Crippen LogP) is 1.88. The first-order valence-corrected chi connectivity index (χ1v) is 6.79. The number of nitrogens with one attached hydrogen (secondary N) is 1. The van der Waals surface area contributed by atoms with Gasteiger partial charge in [0.1, 0.15) is 0 Å². The molecule has 1 N–H and O–H groups in total. The zero-order valence-electron chi connectivity index (χ0n) is 11.2. The van der Waals surface area contributed by atoms with E-state index in [0.29, 0.717) is 12.1 Å². The van der Waals surface area contributed by atoms with Crippen LogP contribution in [0.25, 0.3) is 0 Å². The normalized spacial score (nSPS) is 19.5. The van der Waals surface area contributed by atoms with E-state index in [4.69, 9.17) is 4.74 Å². The second-order valence-electron chi connectivity index (χ2n) is 4.96. The maximum Gasteiger partial charge on any atom is 0.0599 e. The van der Waals surface area contributed by atoms with E-state index >= 15 is 0 Å². The average molecular weight is 228 g/mol. The fourth-order valence-electron chi connectivity index (χ4n) is 2.23. The lowest BCUT2D eigenvalue weighted by Crippen LogP contribution is -2.38. The highest BCUT2D eigenvalue weighted by Crippen LogP contribution is 2.13. The Morgan fingerprint density at radius 3 is 2.56 bits per heavy atom. The van der Waals surface area contributed by atoms with E-state index in [-0.39, 0.29) is 0 Å². The monoisotopic (exact) mass is 228 g/mol. The molecular formula is C13H28N2O. The quantitative estimate of drug-likeness (QED) is 0.673. The SMILES string of the molecule is CCOC1CCN(CCCNC(C)C)CC1. The van der Waals surface area contributed by atoms with E-state index in [9.17, 15) is 0 Å². The summed E-state index contributed by atoms with van der Waals surface area (Å²) in [6.45, 7) is 12.2. The predicted molar refractivity (Wildman–Crippen MR) is 68.8 cm³/mol. The molecule has 96 valence electrons. The summed E-state index contributed by atoms with van der Waals surface area (Å²) in [5, 5.41) is 3.46. The van der Waals surface area contributed by atoms with Crippen molar-refractivity contribution < 1.29 is 4.74 Å². The molecule has 0 atom stereocenters. The number of ether oxygens (including phenoxy) is 1. The molecule has 0 aromatic heterocycles. The van der Waals surface area contributed by atoms with E-state index in [1.54, 1.807) is 0 Å². The highest BCUT2D eigenvalue weighted by atomic mass is 16.5. The first kappa shape index (κ1) is 13.9. The second kappa shape index (κ2) is 8.04. The maximum atomic E-state index is 5.65. The van der Waals surface area contributed by atoms with Gasteiger partial charge in [0.15, 0.2) is 0 Å². The lowest BCUT2D eigenvalue weighted by atomic mass is 10.1. The Morgan fingerprint density at radius 1 is 1.31 bits per heavy atom. The van der Waals surface area contributed by atoms with Crippen LogP contribution in [0.4, 0.5) is 0 Å². The van der Waals surface area contributed by atoms with Crippen molar-refractivity contribution in [3.8, 4) is 0 Å². The third kappa shape index (κ3) is 5.83. The molecule has 0 aromatic rings. The molecule has 1 fully saturated rings. The zero-order valence-corrected chi connectivity index (χ0v) is 11.2. The van der Waals surface area contributed by atoms with E-state index in [1.165, 1.54) is 38.9 Å². The van der Waals surface area contributed by atoms with Crippen molar-refractivity contribution in [1.29, 1.82) is 0 Å². The Bertz CT molecular complexity index is 165. The van der Waals surface area contributed by atoms with Crippen molar-refractivity contribution in [2.45, 2.75) is 52.2 Å². The Morgan fingerprint density at radius 2 is 2.00 bits per heavy atom. The van der Waals surface area contributed by atoms with Crippen LogP contribution in [-0.2, 0) is 4.74 Å². The van der Waals surface area contributed by atoms with Crippen molar-refractivity contribution >= 4 is 0 Å². The molecule has 0 aliphatic carbocycles. The van der Waals surface area contributed by atoms with Gasteiger partial charge in [0, 0.05) is 25.7 Å². The lowest BCUT2D eigenvalue weighted by molar-refractivity contribution is 0.0141. The minimum atomic E-state index is 0.523. The summed E-state index contributed by atoms with van der Waals surface area (Å²) < 4.78 is 5.65.